The van der Waals surface area contributed by atoms with Crippen LogP contribution in [0.5, 0.6) is 5.75 Å². The van der Waals surface area contributed by atoms with E-state index in [-0.39, 0.29) is 5.97 Å². The first-order valence-electron chi connectivity index (χ1n) is 6.61. The van der Waals surface area contributed by atoms with E-state index in [1.54, 1.807) is 20.1 Å². The Morgan fingerprint density at radius 3 is 2.62 bits per heavy atom. The van der Waals surface area contributed by atoms with Gasteiger partial charge in [-0.25, -0.2) is 4.79 Å². The van der Waals surface area contributed by atoms with Crippen LogP contribution >= 0.6 is 0 Å². The summed E-state index contributed by atoms with van der Waals surface area (Å²) in [6.07, 6.45) is 0. The van der Waals surface area contributed by atoms with E-state index < -0.39 is 0 Å². The first-order chi connectivity index (χ1) is 10.0. The summed E-state index contributed by atoms with van der Waals surface area (Å²) in [5, 5.41) is 3.28. The number of hydrogen-bond donors (Lipinski definition) is 1. The molecule has 1 aromatic carbocycles. The number of hydrogen-bond acceptors (Lipinski definition) is 5. The van der Waals surface area contributed by atoms with Gasteiger partial charge in [0.25, 0.3) is 0 Å². The second kappa shape index (κ2) is 6.35. The van der Waals surface area contributed by atoms with Crippen molar-refractivity contribution < 1.29 is 18.7 Å². The van der Waals surface area contributed by atoms with Crippen molar-refractivity contribution in [3.8, 4) is 5.75 Å². The van der Waals surface area contributed by atoms with E-state index in [0.29, 0.717) is 23.6 Å². The number of carbonyl (C=O) groups is 1. The van der Waals surface area contributed by atoms with Crippen molar-refractivity contribution >= 4 is 11.7 Å². The van der Waals surface area contributed by atoms with E-state index in [2.05, 4.69) is 5.32 Å². The Morgan fingerprint density at radius 1 is 1.24 bits per heavy atom. The highest BCUT2D eigenvalue weighted by atomic mass is 16.5. The van der Waals surface area contributed by atoms with Crippen molar-refractivity contribution in [2.24, 2.45) is 0 Å². The number of rotatable bonds is 5. The Labute approximate surface area is 123 Å². The third-order valence-electron chi connectivity index (χ3n) is 3.26. The lowest BCUT2D eigenvalue weighted by atomic mass is 10.2. The molecule has 0 bridgehead atoms. The molecule has 0 radical (unpaired) electrons. The quantitative estimate of drug-likeness (QED) is 0.856. The highest BCUT2D eigenvalue weighted by Crippen LogP contribution is 2.22. The number of ether oxygens (including phenoxy) is 2. The van der Waals surface area contributed by atoms with Crippen molar-refractivity contribution in [1.29, 1.82) is 0 Å². The van der Waals surface area contributed by atoms with Gasteiger partial charge in [-0.15, -0.1) is 0 Å². The van der Waals surface area contributed by atoms with Crippen molar-refractivity contribution in [2.45, 2.75) is 20.4 Å². The zero-order valence-electron chi connectivity index (χ0n) is 12.6. The number of nitrogens with one attached hydrogen (secondary N) is 1. The number of aryl methyl sites for hydroxylation is 2. The number of benzene rings is 1. The fourth-order valence-corrected chi connectivity index (χ4v) is 2.09. The van der Waals surface area contributed by atoms with E-state index in [1.165, 1.54) is 7.11 Å². The van der Waals surface area contributed by atoms with Crippen LogP contribution in [0.15, 0.2) is 28.7 Å². The monoisotopic (exact) mass is 289 g/mol. The molecule has 5 nitrogen and oxygen atoms in total. The Kier molecular flexibility index (Phi) is 4.52. The van der Waals surface area contributed by atoms with Crippen LogP contribution in [-0.2, 0) is 11.3 Å². The van der Waals surface area contributed by atoms with E-state index in [0.717, 1.165) is 17.0 Å². The van der Waals surface area contributed by atoms with Gasteiger partial charge in [0.05, 0.1) is 20.8 Å². The summed E-state index contributed by atoms with van der Waals surface area (Å²) in [6.45, 7) is 4.23. The summed E-state index contributed by atoms with van der Waals surface area (Å²) in [7, 11) is 3.00. The van der Waals surface area contributed by atoms with Crippen LogP contribution in [0.2, 0.25) is 0 Å². The van der Waals surface area contributed by atoms with E-state index >= 15 is 0 Å². The Bertz CT molecular complexity index is 646. The van der Waals surface area contributed by atoms with Crippen LogP contribution in [0.1, 0.15) is 27.4 Å². The molecule has 0 fully saturated rings. The molecule has 0 saturated carbocycles. The van der Waals surface area contributed by atoms with E-state index in [4.69, 9.17) is 13.9 Å². The lowest BCUT2D eigenvalue weighted by Gasteiger charge is -2.09. The predicted octanol–water partition coefficient (Wildman–Crippen LogP) is 3.30. The molecular formula is C16H19NO4. The maximum atomic E-state index is 11.5. The lowest BCUT2D eigenvalue weighted by molar-refractivity contribution is 0.0599. The SMILES string of the molecule is COC(=O)c1cc(CNc2ccc(OC)cc2C)oc1C. The third kappa shape index (κ3) is 3.37. The van der Waals surface area contributed by atoms with Crippen LogP contribution in [-0.4, -0.2) is 20.2 Å². The molecule has 1 N–H and O–H groups in total. The van der Waals surface area contributed by atoms with Gasteiger partial charge in [0.2, 0.25) is 0 Å². The minimum absolute atomic E-state index is 0.386. The summed E-state index contributed by atoms with van der Waals surface area (Å²) in [5.41, 5.74) is 2.52. The lowest BCUT2D eigenvalue weighted by Crippen LogP contribution is -2.01. The first kappa shape index (κ1) is 15.0. The molecule has 0 amide bonds. The first-order valence-corrected chi connectivity index (χ1v) is 6.61. The van der Waals surface area contributed by atoms with Gasteiger partial charge in [0.15, 0.2) is 0 Å². The van der Waals surface area contributed by atoms with Crippen molar-refractivity contribution in [3.63, 3.8) is 0 Å². The minimum Gasteiger partial charge on any atom is -0.497 e. The highest BCUT2D eigenvalue weighted by molar-refractivity contribution is 5.90. The smallest absolute Gasteiger partial charge is 0.341 e. The molecule has 0 aliphatic rings. The topological polar surface area (TPSA) is 60.7 Å². The van der Waals surface area contributed by atoms with Gasteiger partial charge in [-0.1, -0.05) is 0 Å². The van der Waals surface area contributed by atoms with Crippen molar-refractivity contribution in [1.82, 2.24) is 0 Å². The van der Waals surface area contributed by atoms with Gasteiger partial charge < -0.3 is 19.2 Å². The van der Waals surface area contributed by atoms with Crippen LogP contribution < -0.4 is 10.1 Å². The molecule has 0 saturated heterocycles. The van der Waals surface area contributed by atoms with Crippen LogP contribution in [0, 0.1) is 13.8 Å². The largest absolute Gasteiger partial charge is 0.497 e. The molecule has 2 rings (SSSR count). The number of furan rings is 1. The van der Waals surface area contributed by atoms with Crippen LogP contribution in [0.3, 0.4) is 0 Å². The van der Waals surface area contributed by atoms with Gasteiger partial charge >= 0.3 is 5.97 Å². The Hall–Kier alpha value is -2.43. The number of anilines is 1. The predicted molar refractivity (Wildman–Crippen MR) is 79.8 cm³/mol. The summed E-state index contributed by atoms with van der Waals surface area (Å²) >= 11 is 0. The standard InChI is InChI=1S/C16H19NO4/c1-10-7-12(19-3)5-6-15(10)17-9-13-8-14(11(2)21-13)16(18)20-4/h5-8,17H,9H2,1-4H3. The molecule has 0 unspecified atom stereocenters. The summed E-state index contributed by atoms with van der Waals surface area (Å²) in [6, 6.07) is 7.50. The third-order valence-corrected chi connectivity index (χ3v) is 3.26. The number of carbonyl (C=O) groups excluding carboxylic acids is 1. The molecule has 1 aromatic heterocycles. The van der Waals surface area contributed by atoms with Gasteiger partial charge in [-0.3, -0.25) is 0 Å². The molecule has 1 heterocycles. The average molecular weight is 289 g/mol. The highest BCUT2D eigenvalue weighted by Gasteiger charge is 2.15. The van der Waals surface area contributed by atoms with Crippen LogP contribution in [0.4, 0.5) is 5.69 Å². The molecular weight excluding hydrogens is 270 g/mol. The molecule has 21 heavy (non-hydrogen) atoms. The normalized spacial score (nSPS) is 10.3. The van der Waals surface area contributed by atoms with Gasteiger partial charge in [-0.2, -0.15) is 0 Å². The van der Waals surface area contributed by atoms with Gasteiger partial charge in [0.1, 0.15) is 22.8 Å². The molecule has 5 heteroatoms. The fraction of sp³-hybridized carbons (Fsp3) is 0.312. The zero-order valence-corrected chi connectivity index (χ0v) is 12.6. The van der Waals surface area contributed by atoms with Crippen LogP contribution in [0.25, 0.3) is 0 Å². The average Bonchev–Trinajstić information content (AvgIpc) is 2.86. The van der Waals surface area contributed by atoms with Gasteiger partial charge in [0, 0.05) is 5.69 Å². The van der Waals surface area contributed by atoms with E-state index in [9.17, 15) is 4.79 Å². The summed E-state index contributed by atoms with van der Waals surface area (Å²) in [4.78, 5) is 11.5. The molecule has 112 valence electrons. The molecule has 0 aliphatic heterocycles. The molecule has 0 atom stereocenters. The summed E-state index contributed by atoms with van der Waals surface area (Å²) in [5.74, 6) is 1.68. The van der Waals surface area contributed by atoms with Crippen molar-refractivity contribution in [3.05, 3.63) is 46.9 Å². The van der Waals surface area contributed by atoms with E-state index in [1.807, 2.05) is 25.1 Å². The Balaban J connectivity index is 2.08. The van der Waals surface area contributed by atoms with Gasteiger partial charge in [-0.05, 0) is 43.7 Å². The molecule has 0 spiro atoms. The number of methoxy groups -OCH3 is 2. The second-order valence-corrected chi connectivity index (χ2v) is 4.71. The molecule has 0 aliphatic carbocycles. The minimum atomic E-state index is -0.386. The Morgan fingerprint density at radius 2 is 2.00 bits per heavy atom. The second-order valence-electron chi connectivity index (χ2n) is 4.71. The zero-order chi connectivity index (χ0) is 15.4. The van der Waals surface area contributed by atoms with Crippen molar-refractivity contribution in [2.75, 3.05) is 19.5 Å². The number of esters is 1. The fourth-order valence-electron chi connectivity index (χ4n) is 2.09. The summed E-state index contributed by atoms with van der Waals surface area (Å²) < 4.78 is 15.4. The maximum Gasteiger partial charge on any atom is 0.341 e. The maximum absolute atomic E-state index is 11.5. The molecule has 2 aromatic rings.